The highest BCUT2D eigenvalue weighted by atomic mass is 79.9. The summed E-state index contributed by atoms with van der Waals surface area (Å²) < 4.78 is 5.99. The Morgan fingerprint density at radius 2 is 1.91 bits per heavy atom. The van der Waals surface area contributed by atoms with E-state index in [4.69, 9.17) is 26.9 Å². The predicted octanol–water partition coefficient (Wildman–Crippen LogP) is 3.59. The zero-order valence-electron chi connectivity index (χ0n) is 11.5. The largest absolute Gasteiger partial charge is 0.496 e. The van der Waals surface area contributed by atoms with Crippen LogP contribution in [0.25, 0.3) is 0 Å². The van der Waals surface area contributed by atoms with Gasteiger partial charge in [-0.25, -0.2) is 4.79 Å². The second-order valence-electron chi connectivity index (χ2n) is 4.21. The molecule has 2 aromatic rings. The van der Waals surface area contributed by atoms with Gasteiger partial charge in [-0.3, -0.25) is 0 Å². The van der Waals surface area contributed by atoms with Gasteiger partial charge in [0.05, 0.1) is 7.11 Å². The van der Waals surface area contributed by atoms with Crippen molar-refractivity contribution in [1.29, 1.82) is 0 Å². The standard InChI is InChI=1S/C15H12BrClN2O3/c1-21-13-7-6-11(17)8-12(13)15(20)22-19-14(18)9-2-4-10(16)5-3-9/h2-8H,1H3,(H2,18,19). The van der Waals surface area contributed by atoms with Crippen LogP contribution >= 0.6 is 27.5 Å². The monoisotopic (exact) mass is 382 g/mol. The maximum absolute atomic E-state index is 12.0. The highest BCUT2D eigenvalue weighted by Gasteiger charge is 2.15. The molecule has 0 heterocycles. The third-order valence-corrected chi connectivity index (χ3v) is 3.51. The van der Waals surface area contributed by atoms with E-state index in [0.29, 0.717) is 16.3 Å². The summed E-state index contributed by atoms with van der Waals surface area (Å²) in [6, 6.07) is 11.7. The Morgan fingerprint density at radius 1 is 1.23 bits per heavy atom. The Balaban J connectivity index is 2.17. The van der Waals surface area contributed by atoms with Gasteiger partial charge in [0.15, 0.2) is 5.84 Å². The Labute approximate surface area is 140 Å². The summed E-state index contributed by atoms with van der Waals surface area (Å²) in [7, 11) is 1.44. The first-order valence-corrected chi connectivity index (χ1v) is 7.32. The van der Waals surface area contributed by atoms with Gasteiger partial charge in [0.1, 0.15) is 11.3 Å². The lowest BCUT2D eigenvalue weighted by Crippen LogP contribution is -2.15. The molecule has 2 rings (SSSR count). The molecule has 2 N–H and O–H groups in total. The number of nitrogens with zero attached hydrogens (tertiary/aromatic N) is 1. The van der Waals surface area contributed by atoms with Crippen molar-refractivity contribution in [2.24, 2.45) is 10.9 Å². The summed E-state index contributed by atoms with van der Waals surface area (Å²) in [4.78, 5) is 16.9. The van der Waals surface area contributed by atoms with Gasteiger partial charge in [-0.2, -0.15) is 0 Å². The zero-order chi connectivity index (χ0) is 16.1. The topological polar surface area (TPSA) is 73.9 Å². The van der Waals surface area contributed by atoms with Gasteiger partial charge in [0, 0.05) is 15.1 Å². The highest BCUT2D eigenvalue weighted by molar-refractivity contribution is 9.10. The van der Waals surface area contributed by atoms with E-state index < -0.39 is 5.97 Å². The molecule has 22 heavy (non-hydrogen) atoms. The van der Waals surface area contributed by atoms with Crippen LogP contribution in [0.2, 0.25) is 5.02 Å². The van der Waals surface area contributed by atoms with Crippen LogP contribution in [-0.4, -0.2) is 18.9 Å². The Bertz CT molecular complexity index is 717. The minimum absolute atomic E-state index is 0.0850. The number of oxime groups is 1. The maximum Gasteiger partial charge on any atom is 0.369 e. The van der Waals surface area contributed by atoms with Gasteiger partial charge in [-0.1, -0.05) is 44.8 Å². The molecule has 7 heteroatoms. The zero-order valence-corrected chi connectivity index (χ0v) is 13.9. The molecule has 0 spiro atoms. The Morgan fingerprint density at radius 3 is 2.55 bits per heavy atom. The summed E-state index contributed by atoms with van der Waals surface area (Å²) in [5, 5.41) is 4.02. The van der Waals surface area contributed by atoms with Crippen molar-refractivity contribution in [2.75, 3.05) is 7.11 Å². The molecule has 0 aliphatic rings. The van der Waals surface area contributed by atoms with Crippen LogP contribution in [0.5, 0.6) is 5.75 Å². The number of ether oxygens (including phenoxy) is 1. The van der Waals surface area contributed by atoms with Gasteiger partial charge in [-0.15, -0.1) is 0 Å². The average Bonchev–Trinajstić information content (AvgIpc) is 2.53. The molecular formula is C15H12BrClN2O3. The number of halogens is 2. The van der Waals surface area contributed by atoms with Gasteiger partial charge >= 0.3 is 5.97 Å². The molecule has 0 fully saturated rings. The molecule has 0 aliphatic heterocycles. The smallest absolute Gasteiger partial charge is 0.369 e. The molecule has 0 saturated heterocycles. The van der Waals surface area contributed by atoms with E-state index in [2.05, 4.69) is 21.1 Å². The van der Waals surface area contributed by atoms with Gasteiger partial charge in [0.25, 0.3) is 0 Å². The van der Waals surface area contributed by atoms with Crippen LogP contribution in [0, 0.1) is 0 Å². The van der Waals surface area contributed by atoms with Crippen molar-refractivity contribution in [3.05, 3.63) is 63.1 Å². The number of carbonyl (C=O) groups is 1. The predicted molar refractivity (Wildman–Crippen MR) is 88.3 cm³/mol. The summed E-state index contributed by atoms with van der Waals surface area (Å²) in [5.41, 5.74) is 6.57. The van der Waals surface area contributed by atoms with Crippen molar-refractivity contribution in [1.82, 2.24) is 0 Å². The molecule has 2 aromatic carbocycles. The Hall–Kier alpha value is -2.05. The third kappa shape index (κ3) is 3.99. The fourth-order valence-corrected chi connectivity index (χ4v) is 2.09. The number of nitrogens with two attached hydrogens (primary N) is 1. The van der Waals surface area contributed by atoms with Crippen LogP contribution in [0.3, 0.4) is 0 Å². The molecule has 0 aromatic heterocycles. The van der Waals surface area contributed by atoms with E-state index >= 15 is 0 Å². The summed E-state index contributed by atoms with van der Waals surface area (Å²) in [6.45, 7) is 0. The molecule has 114 valence electrons. The van der Waals surface area contributed by atoms with E-state index in [1.165, 1.54) is 13.2 Å². The summed E-state index contributed by atoms with van der Waals surface area (Å²) >= 11 is 9.18. The van der Waals surface area contributed by atoms with Crippen LogP contribution in [0.4, 0.5) is 0 Å². The first-order chi connectivity index (χ1) is 10.5. The van der Waals surface area contributed by atoms with Crippen LogP contribution < -0.4 is 10.5 Å². The number of amidine groups is 1. The molecule has 0 bridgehead atoms. The number of methoxy groups -OCH3 is 1. The second-order valence-corrected chi connectivity index (χ2v) is 5.56. The Kier molecular flexibility index (Phi) is 5.41. The lowest BCUT2D eigenvalue weighted by molar-refractivity contribution is 0.0512. The van der Waals surface area contributed by atoms with Crippen molar-refractivity contribution in [3.8, 4) is 5.75 Å². The third-order valence-electron chi connectivity index (χ3n) is 2.75. The number of carbonyl (C=O) groups excluding carboxylic acids is 1. The minimum atomic E-state index is -0.709. The second kappa shape index (κ2) is 7.29. The molecule has 0 saturated carbocycles. The first-order valence-electron chi connectivity index (χ1n) is 6.15. The lowest BCUT2D eigenvalue weighted by Gasteiger charge is -2.06. The minimum Gasteiger partial charge on any atom is -0.496 e. The maximum atomic E-state index is 12.0. The summed E-state index contributed by atoms with van der Waals surface area (Å²) in [6.07, 6.45) is 0. The fraction of sp³-hybridized carbons (Fsp3) is 0.0667. The van der Waals surface area contributed by atoms with Crippen LogP contribution in [0.1, 0.15) is 15.9 Å². The van der Waals surface area contributed by atoms with E-state index in [-0.39, 0.29) is 11.4 Å². The summed E-state index contributed by atoms with van der Waals surface area (Å²) in [5.74, 6) is -0.284. The molecule has 0 radical (unpaired) electrons. The van der Waals surface area contributed by atoms with Gasteiger partial charge in [0.2, 0.25) is 0 Å². The van der Waals surface area contributed by atoms with Crippen molar-refractivity contribution in [3.63, 3.8) is 0 Å². The molecular weight excluding hydrogens is 372 g/mol. The molecule has 0 aliphatic carbocycles. The number of rotatable bonds is 4. The van der Waals surface area contributed by atoms with Crippen LogP contribution in [-0.2, 0) is 4.84 Å². The molecule has 0 unspecified atom stereocenters. The average molecular weight is 384 g/mol. The SMILES string of the molecule is COc1ccc(Cl)cc1C(=O)O/N=C(\N)c1ccc(Br)cc1. The number of hydrogen-bond donors (Lipinski definition) is 1. The van der Waals surface area contributed by atoms with E-state index in [1.807, 2.05) is 0 Å². The van der Waals surface area contributed by atoms with Gasteiger partial charge in [-0.05, 0) is 30.3 Å². The van der Waals surface area contributed by atoms with Crippen molar-refractivity contribution >= 4 is 39.3 Å². The van der Waals surface area contributed by atoms with Crippen molar-refractivity contribution < 1.29 is 14.4 Å². The highest BCUT2D eigenvalue weighted by Crippen LogP contribution is 2.23. The lowest BCUT2D eigenvalue weighted by atomic mass is 10.2. The molecule has 0 amide bonds. The number of benzene rings is 2. The number of hydrogen-bond acceptors (Lipinski definition) is 4. The van der Waals surface area contributed by atoms with Gasteiger partial charge < -0.3 is 15.3 Å². The van der Waals surface area contributed by atoms with Crippen LogP contribution in [0.15, 0.2) is 52.1 Å². The molecule has 0 atom stereocenters. The first kappa shape index (κ1) is 16.3. The van der Waals surface area contributed by atoms with E-state index in [1.54, 1.807) is 36.4 Å². The molecule has 5 nitrogen and oxygen atoms in total. The normalized spacial score (nSPS) is 11.1. The van der Waals surface area contributed by atoms with Crippen molar-refractivity contribution in [2.45, 2.75) is 0 Å². The fourth-order valence-electron chi connectivity index (χ4n) is 1.65. The quantitative estimate of drug-likeness (QED) is 0.379. The van der Waals surface area contributed by atoms with E-state index in [0.717, 1.165) is 4.47 Å². The van der Waals surface area contributed by atoms with E-state index in [9.17, 15) is 4.79 Å².